The molecule has 1 saturated heterocycles. The molecule has 1 aromatic heterocycles. The minimum Gasteiger partial charge on any atom is -0.350 e. The minimum atomic E-state index is -0.269. The highest BCUT2D eigenvalue weighted by Crippen LogP contribution is 2.18. The van der Waals surface area contributed by atoms with Gasteiger partial charge in [-0.1, -0.05) is 0 Å². The van der Waals surface area contributed by atoms with Crippen LogP contribution in [-0.4, -0.2) is 34.7 Å². The van der Waals surface area contributed by atoms with Gasteiger partial charge in [0.1, 0.15) is 0 Å². The lowest BCUT2D eigenvalue weighted by Gasteiger charge is -2.26. The molecule has 0 radical (unpaired) electrons. The van der Waals surface area contributed by atoms with Crippen molar-refractivity contribution in [1.82, 2.24) is 15.1 Å². The highest BCUT2D eigenvalue weighted by Gasteiger charge is 2.24. The number of nitrogens with zero attached hydrogens (tertiary/aromatic N) is 3. The van der Waals surface area contributed by atoms with E-state index in [0.29, 0.717) is 0 Å². The lowest BCUT2D eigenvalue weighted by Crippen LogP contribution is -2.51. The molecule has 1 aromatic rings. The van der Waals surface area contributed by atoms with Crippen LogP contribution in [0, 0.1) is 6.92 Å². The lowest BCUT2D eigenvalue weighted by molar-refractivity contribution is -0.130. The maximum absolute atomic E-state index is 11.2. The van der Waals surface area contributed by atoms with Crippen LogP contribution in [-0.2, 0) is 16.6 Å². The van der Waals surface area contributed by atoms with Crippen LogP contribution < -0.4 is 10.2 Å². The smallest absolute Gasteiger partial charge is 0.246 e. The molecule has 2 heterocycles. The van der Waals surface area contributed by atoms with Crippen molar-refractivity contribution in [3.05, 3.63) is 11.9 Å². The average Bonchev–Trinajstić information content (AvgIpc) is 2.43. The number of aromatic nitrogens is 2. The largest absolute Gasteiger partial charge is 0.350 e. The van der Waals surface area contributed by atoms with Crippen LogP contribution in [0.1, 0.15) is 5.69 Å². The molecule has 80 valence electrons. The molecule has 1 aliphatic rings. The molecule has 0 spiro atoms. The van der Waals surface area contributed by atoms with Crippen molar-refractivity contribution in [3.8, 4) is 0 Å². The molecule has 0 aliphatic carbocycles. The third-order valence-electron chi connectivity index (χ3n) is 2.28. The predicted octanol–water partition coefficient (Wildman–Crippen LogP) is -0.809. The van der Waals surface area contributed by atoms with Gasteiger partial charge in [-0.15, -0.1) is 0 Å². The molecule has 6 heteroatoms. The van der Waals surface area contributed by atoms with E-state index in [1.165, 1.54) is 0 Å². The molecule has 0 saturated carbocycles. The molecule has 0 atom stereocenters. The number of carbonyl (C=O) groups excluding carboxylic acids is 2. The van der Waals surface area contributed by atoms with E-state index in [-0.39, 0.29) is 24.9 Å². The number of aryl methyl sites for hydroxylation is 2. The Kier molecular flexibility index (Phi) is 2.18. The Bertz CT molecular complexity index is 408. The summed E-state index contributed by atoms with van der Waals surface area (Å²) < 4.78 is 1.67. The number of imide groups is 1. The van der Waals surface area contributed by atoms with E-state index in [9.17, 15) is 9.59 Å². The number of nitrogens with one attached hydrogen (secondary N) is 1. The van der Waals surface area contributed by atoms with E-state index in [0.717, 1.165) is 11.4 Å². The van der Waals surface area contributed by atoms with Gasteiger partial charge < -0.3 is 4.90 Å². The van der Waals surface area contributed by atoms with E-state index in [1.807, 2.05) is 14.0 Å². The van der Waals surface area contributed by atoms with Crippen molar-refractivity contribution >= 4 is 17.5 Å². The van der Waals surface area contributed by atoms with E-state index in [2.05, 4.69) is 10.4 Å². The summed E-state index contributed by atoms with van der Waals surface area (Å²) in [4.78, 5) is 24.1. The Hall–Kier alpha value is -1.85. The Balaban J connectivity index is 2.27. The third-order valence-corrected chi connectivity index (χ3v) is 2.28. The molecule has 0 aromatic carbocycles. The van der Waals surface area contributed by atoms with Crippen LogP contribution in [0.3, 0.4) is 0 Å². The molecule has 6 nitrogen and oxygen atoms in total. The third kappa shape index (κ3) is 1.83. The molecular formula is C9H12N4O2. The molecule has 1 N–H and O–H groups in total. The fourth-order valence-electron chi connectivity index (χ4n) is 1.71. The molecule has 0 bridgehead atoms. The van der Waals surface area contributed by atoms with E-state index >= 15 is 0 Å². The van der Waals surface area contributed by atoms with Crippen molar-refractivity contribution in [1.29, 1.82) is 0 Å². The highest BCUT2D eigenvalue weighted by atomic mass is 16.2. The number of carbonyl (C=O) groups is 2. The van der Waals surface area contributed by atoms with Gasteiger partial charge in [-0.2, -0.15) is 5.10 Å². The average molecular weight is 208 g/mol. The van der Waals surface area contributed by atoms with Crippen molar-refractivity contribution in [2.24, 2.45) is 7.05 Å². The summed E-state index contributed by atoms with van der Waals surface area (Å²) in [6.07, 6.45) is 1.81. The highest BCUT2D eigenvalue weighted by molar-refractivity contribution is 6.02. The standard InChI is InChI=1S/C9H12N4O2/c1-6-7(3-12(2)11-6)13-4-8(14)10-9(15)5-13/h3H,4-5H2,1-2H3,(H,10,14,15). The van der Waals surface area contributed by atoms with Gasteiger partial charge in [0.2, 0.25) is 11.8 Å². The van der Waals surface area contributed by atoms with Crippen LogP contribution in [0.4, 0.5) is 5.69 Å². The zero-order valence-corrected chi connectivity index (χ0v) is 8.65. The van der Waals surface area contributed by atoms with Gasteiger partial charge >= 0.3 is 0 Å². The Morgan fingerprint density at radius 3 is 2.40 bits per heavy atom. The first-order chi connectivity index (χ1) is 7.06. The molecule has 1 fully saturated rings. The van der Waals surface area contributed by atoms with Gasteiger partial charge in [-0.25, -0.2) is 0 Å². The topological polar surface area (TPSA) is 67.2 Å². The fourth-order valence-corrected chi connectivity index (χ4v) is 1.71. The molecule has 1 aliphatic heterocycles. The first-order valence-corrected chi connectivity index (χ1v) is 4.64. The van der Waals surface area contributed by atoms with Crippen molar-refractivity contribution < 1.29 is 9.59 Å². The first-order valence-electron chi connectivity index (χ1n) is 4.64. The van der Waals surface area contributed by atoms with Crippen LogP contribution in [0.15, 0.2) is 6.20 Å². The van der Waals surface area contributed by atoms with Gasteiger partial charge in [0.05, 0.1) is 24.5 Å². The molecule has 2 amide bonds. The monoisotopic (exact) mass is 208 g/mol. The summed E-state index contributed by atoms with van der Waals surface area (Å²) in [7, 11) is 1.81. The van der Waals surface area contributed by atoms with E-state index in [1.54, 1.807) is 15.8 Å². The summed E-state index contributed by atoms with van der Waals surface area (Å²) in [5.74, 6) is -0.538. The van der Waals surface area contributed by atoms with Crippen molar-refractivity contribution in [2.45, 2.75) is 6.92 Å². The molecule has 0 unspecified atom stereocenters. The van der Waals surface area contributed by atoms with E-state index < -0.39 is 0 Å². The second-order valence-corrected chi connectivity index (χ2v) is 3.60. The molecular weight excluding hydrogens is 196 g/mol. The van der Waals surface area contributed by atoms with Crippen molar-refractivity contribution in [2.75, 3.05) is 18.0 Å². The summed E-state index contributed by atoms with van der Waals surface area (Å²) in [5.41, 5.74) is 1.65. The predicted molar refractivity (Wildman–Crippen MR) is 53.3 cm³/mol. The Labute approximate surface area is 86.9 Å². The maximum Gasteiger partial charge on any atom is 0.246 e. The first kappa shape index (κ1) is 9.70. The maximum atomic E-state index is 11.2. The molecule has 2 rings (SSSR count). The zero-order chi connectivity index (χ0) is 11.0. The Morgan fingerprint density at radius 2 is 1.93 bits per heavy atom. The van der Waals surface area contributed by atoms with Crippen molar-refractivity contribution in [3.63, 3.8) is 0 Å². The quantitative estimate of drug-likeness (QED) is 0.613. The summed E-state index contributed by atoms with van der Waals surface area (Å²) in [6.45, 7) is 2.27. The number of rotatable bonds is 1. The fraction of sp³-hybridized carbons (Fsp3) is 0.444. The number of piperazine rings is 1. The van der Waals surface area contributed by atoms with Gasteiger partial charge in [-0.05, 0) is 6.92 Å². The summed E-state index contributed by atoms with van der Waals surface area (Å²) >= 11 is 0. The second-order valence-electron chi connectivity index (χ2n) is 3.60. The van der Waals surface area contributed by atoms with Gasteiger partial charge in [0, 0.05) is 13.2 Å². The number of amides is 2. The Morgan fingerprint density at radius 1 is 1.33 bits per heavy atom. The van der Waals surface area contributed by atoms with Gasteiger partial charge in [0.25, 0.3) is 0 Å². The summed E-state index contributed by atoms with van der Waals surface area (Å²) in [5, 5.41) is 6.43. The van der Waals surface area contributed by atoms with Gasteiger partial charge in [-0.3, -0.25) is 19.6 Å². The normalized spacial score (nSPS) is 16.8. The molecule has 15 heavy (non-hydrogen) atoms. The van der Waals surface area contributed by atoms with E-state index in [4.69, 9.17) is 0 Å². The van der Waals surface area contributed by atoms with Crippen LogP contribution >= 0.6 is 0 Å². The number of hydrogen-bond acceptors (Lipinski definition) is 4. The SMILES string of the molecule is Cc1nn(C)cc1N1CC(=O)NC(=O)C1. The summed E-state index contributed by atoms with van der Waals surface area (Å²) in [6, 6.07) is 0. The van der Waals surface area contributed by atoms with Crippen LogP contribution in [0.2, 0.25) is 0 Å². The van der Waals surface area contributed by atoms with Crippen LogP contribution in [0.25, 0.3) is 0 Å². The second kappa shape index (κ2) is 3.38. The zero-order valence-electron chi connectivity index (χ0n) is 8.65. The number of anilines is 1. The van der Waals surface area contributed by atoms with Gasteiger partial charge in [0.15, 0.2) is 0 Å². The number of hydrogen-bond donors (Lipinski definition) is 1. The van der Waals surface area contributed by atoms with Crippen LogP contribution in [0.5, 0.6) is 0 Å². The minimum absolute atomic E-state index is 0.207. The lowest BCUT2D eigenvalue weighted by atomic mass is 10.3.